The third kappa shape index (κ3) is 3.73. The van der Waals surface area contributed by atoms with Crippen molar-refractivity contribution in [2.24, 2.45) is 0 Å². The molecule has 3 aromatic rings. The lowest BCUT2D eigenvalue weighted by Gasteiger charge is -2.07. The van der Waals surface area contributed by atoms with Crippen LogP contribution in [0.4, 0.5) is 5.69 Å². The Labute approximate surface area is 137 Å². The first-order valence-corrected chi connectivity index (χ1v) is 7.88. The highest BCUT2D eigenvalue weighted by Crippen LogP contribution is 2.24. The normalized spacial score (nSPS) is 10.5. The quantitative estimate of drug-likeness (QED) is 0.507. The van der Waals surface area contributed by atoms with Crippen LogP contribution in [0.3, 0.4) is 0 Å². The maximum Gasteiger partial charge on any atom is 0.269 e. The minimum absolute atomic E-state index is 0.0698. The van der Waals surface area contributed by atoms with E-state index in [0.717, 1.165) is 21.8 Å². The van der Waals surface area contributed by atoms with Crippen LogP contribution >= 0.6 is 11.3 Å². The van der Waals surface area contributed by atoms with Crippen molar-refractivity contribution >= 4 is 17.0 Å². The van der Waals surface area contributed by atoms with Crippen LogP contribution in [0.2, 0.25) is 0 Å². The zero-order valence-electron chi connectivity index (χ0n) is 12.4. The van der Waals surface area contributed by atoms with Gasteiger partial charge in [0.15, 0.2) is 0 Å². The standard InChI is InChI=1S/C17H14N2O3S/c1-12-18-17(11-23-12)14-5-7-16(8-6-14)22-10-13-3-2-4-15(9-13)19(20)21/h2-9,11H,10H2,1H3. The van der Waals surface area contributed by atoms with Crippen molar-refractivity contribution in [1.82, 2.24) is 4.98 Å². The molecule has 0 aliphatic heterocycles. The molecule has 3 rings (SSSR count). The number of non-ortho nitro benzene ring substituents is 1. The van der Waals surface area contributed by atoms with E-state index in [2.05, 4.69) is 4.98 Å². The fourth-order valence-electron chi connectivity index (χ4n) is 2.14. The summed E-state index contributed by atoms with van der Waals surface area (Å²) in [6.07, 6.45) is 0. The zero-order chi connectivity index (χ0) is 16.2. The Balaban J connectivity index is 1.67. The number of aryl methyl sites for hydroxylation is 1. The van der Waals surface area contributed by atoms with E-state index in [1.165, 1.54) is 12.1 Å². The second kappa shape index (κ2) is 6.58. The summed E-state index contributed by atoms with van der Waals surface area (Å²) in [4.78, 5) is 14.8. The molecule has 1 aromatic heterocycles. The number of nitro benzene ring substituents is 1. The number of rotatable bonds is 5. The molecule has 0 saturated carbocycles. The Hall–Kier alpha value is -2.73. The van der Waals surface area contributed by atoms with E-state index in [9.17, 15) is 10.1 Å². The number of hydrogen-bond donors (Lipinski definition) is 0. The Morgan fingerprint density at radius 3 is 2.65 bits per heavy atom. The maximum atomic E-state index is 10.8. The van der Waals surface area contributed by atoms with Crippen LogP contribution in [0.15, 0.2) is 53.9 Å². The average Bonchev–Trinajstić information content (AvgIpc) is 3.00. The molecule has 0 fully saturated rings. The highest BCUT2D eigenvalue weighted by Gasteiger charge is 2.06. The van der Waals surface area contributed by atoms with E-state index in [-0.39, 0.29) is 12.3 Å². The first-order chi connectivity index (χ1) is 11.1. The molecular weight excluding hydrogens is 312 g/mol. The minimum atomic E-state index is -0.409. The third-order valence-corrected chi connectivity index (χ3v) is 4.07. The number of ether oxygens (including phenoxy) is 1. The Morgan fingerprint density at radius 1 is 1.22 bits per heavy atom. The molecule has 0 atom stereocenters. The van der Waals surface area contributed by atoms with Crippen LogP contribution in [0, 0.1) is 17.0 Å². The lowest BCUT2D eigenvalue weighted by atomic mass is 10.1. The van der Waals surface area contributed by atoms with Crippen molar-refractivity contribution in [2.75, 3.05) is 0 Å². The van der Waals surface area contributed by atoms with E-state index in [1.54, 1.807) is 23.5 Å². The lowest BCUT2D eigenvalue weighted by Crippen LogP contribution is -1.96. The van der Waals surface area contributed by atoms with Gasteiger partial charge in [-0.1, -0.05) is 12.1 Å². The van der Waals surface area contributed by atoms with Gasteiger partial charge < -0.3 is 4.74 Å². The molecule has 0 bridgehead atoms. The Morgan fingerprint density at radius 2 is 2.00 bits per heavy atom. The minimum Gasteiger partial charge on any atom is -0.489 e. The highest BCUT2D eigenvalue weighted by molar-refractivity contribution is 7.09. The van der Waals surface area contributed by atoms with Gasteiger partial charge in [-0.15, -0.1) is 11.3 Å². The fraction of sp³-hybridized carbons (Fsp3) is 0.118. The number of nitrogens with zero attached hydrogens (tertiary/aromatic N) is 2. The molecule has 0 unspecified atom stereocenters. The second-order valence-electron chi connectivity index (χ2n) is 4.99. The predicted molar refractivity (Wildman–Crippen MR) is 89.7 cm³/mol. The molecule has 6 heteroatoms. The monoisotopic (exact) mass is 326 g/mol. The van der Waals surface area contributed by atoms with Crippen LogP contribution in [-0.4, -0.2) is 9.91 Å². The molecule has 5 nitrogen and oxygen atoms in total. The maximum absolute atomic E-state index is 10.8. The van der Waals surface area contributed by atoms with Crippen molar-refractivity contribution in [1.29, 1.82) is 0 Å². The highest BCUT2D eigenvalue weighted by atomic mass is 32.1. The van der Waals surface area contributed by atoms with Crippen molar-refractivity contribution in [2.45, 2.75) is 13.5 Å². The average molecular weight is 326 g/mol. The molecule has 0 saturated heterocycles. The summed E-state index contributed by atoms with van der Waals surface area (Å²) in [5.41, 5.74) is 2.83. The first kappa shape index (κ1) is 15.2. The van der Waals surface area contributed by atoms with Gasteiger partial charge in [0.1, 0.15) is 12.4 Å². The number of aromatic nitrogens is 1. The van der Waals surface area contributed by atoms with Crippen LogP contribution in [0.25, 0.3) is 11.3 Å². The first-order valence-electron chi connectivity index (χ1n) is 7.00. The smallest absolute Gasteiger partial charge is 0.269 e. The summed E-state index contributed by atoms with van der Waals surface area (Å²) in [7, 11) is 0. The summed E-state index contributed by atoms with van der Waals surface area (Å²) >= 11 is 1.62. The summed E-state index contributed by atoms with van der Waals surface area (Å²) in [5.74, 6) is 0.715. The zero-order valence-corrected chi connectivity index (χ0v) is 13.2. The Bertz CT molecular complexity index is 828. The van der Waals surface area contributed by atoms with E-state index in [4.69, 9.17) is 4.74 Å². The summed E-state index contributed by atoms with van der Waals surface area (Å²) < 4.78 is 5.68. The molecule has 0 amide bonds. The Kier molecular flexibility index (Phi) is 4.34. The van der Waals surface area contributed by atoms with Crippen molar-refractivity contribution in [3.63, 3.8) is 0 Å². The molecular formula is C17H14N2O3S. The third-order valence-electron chi connectivity index (χ3n) is 3.30. The van der Waals surface area contributed by atoms with Crippen LogP contribution in [0.1, 0.15) is 10.6 Å². The molecule has 116 valence electrons. The van der Waals surface area contributed by atoms with E-state index < -0.39 is 4.92 Å². The number of benzene rings is 2. The second-order valence-corrected chi connectivity index (χ2v) is 6.05. The summed E-state index contributed by atoms with van der Waals surface area (Å²) in [5, 5.41) is 13.8. The number of hydrogen-bond acceptors (Lipinski definition) is 5. The molecule has 0 spiro atoms. The van der Waals surface area contributed by atoms with Gasteiger partial charge in [-0.3, -0.25) is 10.1 Å². The van der Waals surface area contributed by atoms with Crippen LogP contribution in [0.5, 0.6) is 5.75 Å². The SMILES string of the molecule is Cc1nc(-c2ccc(OCc3cccc([N+](=O)[O-])c3)cc2)cs1. The van der Waals surface area contributed by atoms with Gasteiger partial charge in [0, 0.05) is 23.1 Å². The van der Waals surface area contributed by atoms with Gasteiger partial charge in [0.25, 0.3) is 5.69 Å². The molecule has 0 N–H and O–H groups in total. The molecule has 1 heterocycles. The van der Waals surface area contributed by atoms with Crippen LogP contribution < -0.4 is 4.74 Å². The van der Waals surface area contributed by atoms with Gasteiger partial charge >= 0.3 is 0 Å². The molecule has 0 aliphatic carbocycles. The van der Waals surface area contributed by atoms with Gasteiger partial charge in [-0.25, -0.2) is 4.98 Å². The fourth-order valence-corrected chi connectivity index (χ4v) is 2.77. The van der Waals surface area contributed by atoms with Crippen LogP contribution in [-0.2, 0) is 6.61 Å². The molecule has 23 heavy (non-hydrogen) atoms. The van der Waals surface area contributed by atoms with Crippen molar-refractivity contribution in [3.8, 4) is 17.0 Å². The molecule has 0 radical (unpaired) electrons. The number of thiazole rings is 1. The van der Waals surface area contributed by atoms with Crippen molar-refractivity contribution < 1.29 is 9.66 Å². The predicted octanol–water partition coefficient (Wildman–Crippen LogP) is 4.61. The molecule has 0 aliphatic rings. The lowest BCUT2D eigenvalue weighted by molar-refractivity contribution is -0.384. The van der Waals surface area contributed by atoms with Crippen molar-refractivity contribution in [3.05, 3.63) is 74.6 Å². The topological polar surface area (TPSA) is 65.3 Å². The molecule has 2 aromatic carbocycles. The summed E-state index contributed by atoms with van der Waals surface area (Å²) in [6.45, 7) is 2.27. The largest absolute Gasteiger partial charge is 0.489 e. The van der Waals surface area contributed by atoms with Gasteiger partial charge in [0.2, 0.25) is 0 Å². The van der Waals surface area contributed by atoms with Gasteiger partial charge in [-0.2, -0.15) is 0 Å². The number of nitro groups is 1. The van der Waals surface area contributed by atoms with Gasteiger partial charge in [0.05, 0.1) is 15.6 Å². The van der Waals surface area contributed by atoms with E-state index in [0.29, 0.717) is 5.75 Å². The van der Waals surface area contributed by atoms with Gasteiger partial charge in [-0.05, 0) is 36.8 Å². The summed E-state index contributed by atoms with van der Waals surface area (Å²) in [6, 6.07) is 14.1. The van der Waals surface area contributed by atoms with E-state index >= 15 is 0 Å². The van der Waals surface area contributed by atoms with E-state index in [1.807, 2.05) is 36.6 Å².